The van der Waals surface area contributed by atoms with Gasteiger partial charge in [-0.2, -0.15) is 0 Å². The van der Waals surface area contributed by atoms with E-state index >= 15 is 0 Å². The Hall–Kier alpha value is -3.03. The number of nitrogens with one attached hydrogen (secondary N) is 1. The van der Waals surface area contributed by atoms with Crippen LogP contribution in [0.25, 0.3) is 0 Å². The van der Waals surface area contributed by atoms with Gasteiger partial charge in [-0.3, -0.25) is 20.0 Å². The fraction of sp³-hybridized carbons (Fsp3) is 0.423. The molecular weight excluding hydrogens is 416 g/mol. The lowest BCUT2D eigenvalue weighted by atomic mass is 10.2. The number of hydrogen-bond donors (Lipinski definition) is 1. The minimum absolute atomic E-state index is 0.0194. The minimum Gasteiger partial charge on any atom is -0.489 e. The summed E-state index contributed by atoms with van der Waals surface area (Å²) in [4.78, 5) is 25.4. The van der Waals surface area contributed by atoms with Crippen LogP contribution in [0, 0.1) is 0 Å². The van der Waals surface area contributed by atoms with Gasteiger partial charge in [0.25, 0.3) is 5.91 Å². The van der Waals surface area contributed by atoms with E-state index < -0.39 is 0 Å². The number of hydroxylamine groups is 1. The first-order chi connectivity index (χ1) is 16.1. The Labute approximate surface area is 195 Å². The first-order valence-corrected chi connectivity index (χ1v) is 11.8. The van der Waals surface area contributed by atoms with E-state index in [4.69, 9.17) is 9.57 Å². The van der Waals surface area contributed by atoms with Crippen LogP contribution in [0.15, 0.2) is 60.3 Å². The molecule has 1 N–H and O–H groups in total. The zero-order chi connectivity index (χ0) is 22.8. The first kappa shape index (κ1) is 21.8. The number of carbonyl (C=O) groups is 1. The van der Waals surface area contributed by atoms with Gasteiger partial charge in [-0.15, -0.1) is 0 Å². The molecule has 3 aliphatic rings. The molecule has 3 heterocycles. The summed E-state index contributed by atoms with van der Waals surface area (Å²) >= 11 is 0. The lowest BCUT2D eigenvalue weighted by Gasteiger charge is -2.37. The van der Waals surface area contributed by atoms with Crippen molar-refractivity contribution in [2.24, 2.45) is 0 Å². The fourth-order valence-electron chi connectivity index (χ4n) is 4.79. The van der Waals surface area contributed by atoms with Crippen LogP contribution in [0.1, 0.15) is 19.4 Å². The molecule has 0 aromatic heterocycles. The molecule has 5 rings (SSSR count). The number of anilines is 2. The Balaban J connectivity index is 1.16. The number of ether oxygens (including phenoxy) is 1. The number of amides is 1. The Morgan fingerprint density at radius 2 is 1.76 bits per heavy atom. The number of fused-ring (bicyclic) bond motifs is 1. The van der Waals surface area contributed by atoms with Crippen LogP contribution in [0.5, 0.6) is 5.75 Å². The van der Waals surface area contributed by atoms with Crippen LogP contribution >= 0.6 is 0 Å². The van der Waals surface area contributed by atoms with Crippen molar-refractivity contribution in [1.29, 1.82) is 0 Å². The number of carbonyl (C=O) groups excluding carboxylic acids is 1. The number of nitrogens with zero attached hydrogens (tertiary/aromatic N) is 3. The van der Waals surface area contributed by atoms with E-state index in [1.165, 1.54) is 5.56 Å². The summed E-state index contributed by atoms with van der Waals surface area (Å²) in [7, 11) is 0. The van der Waals surface area contributed by atoms with Crippen LogP contribution < -0.4 is 20.0 Å². The summed E-state index contributed by atoms with van der Waals surface area (Å²) in [5.41, 5.74) is 6.80. The summed E-state index contributed by atoms with van der Waals surface area (Å²) in [5, 5.41) is 0. The van der Waals surface area contributed by atoms with Crippen molar-refractivity contribution >= 4 is 17.3 Å². The van der Waals surface area contributed by atoms with Gasteiger partial charge in [0.1, 0.15) is 17.6 Å². The number of rotatable bonds is 6. The lowest BCUT2D eigenvalue weighted by Crippen LogP contribution is -2.48. The maximum atomic E-state index is 13.0. The second kappa shape index (κ2) is 9.45. The molecular formula is C26H32N4O3. The highest BCUT2D eigenvalue weighted by Gasteiger charge is 2.31. The molecule has 7 heteroatoms. The molecule has 0 spiro atoms. The average molecular weight is 449 g/mol. The monoisotopic (exact) mass is 448 g/mol. The van der Waals surface area contributed by atoms with Gasteiger partial charge in [-0.25, -0.2) is 0 Å². The summed E-state index contributed by atoms with van der Waals surface area (Å²) in [5.74, 6) is 0.924. The Kier molecular flexibility index (Phi) is 6.24. The van der Waals surface area contributed by atoms with E-state index in [0.717, 1.165) is 56.3 Å². The summed E-state index contributed by atoms with van der Waals surface area (Å²) < 4.78 is 6.00. The summed E-state index contributed by atoms with van der Waals surface area (Å²) in [6.45, 7) is 9.32. The van der Waals surface area contributed by atoms with Gasteiger partial charge < -0.3 is 14.5 Å². The van der Waals surface area contributed by atoms with Crippen molar-refractivity contribution in [3.8, 4) is 5.75 Å². The summed E-state index contributed by atoms with van der Waals surface area (Å²) in [6, 6.07) is 16.4. The van der Waals surface area contributed by atoms with E-state index in [-0.39, 0.29) is 18.1 Å². The van der Waals surface area contributed by atoms with Gasteiger partial charge in [0.15, 0.2) is 0 Å². The molecule has 2 aromatic carbocycles. The van der Waals surface area contributed by atoms with E-state index in [9.17, 15) is 4.79 Å². The highest BCUT2D eigenvalue weighted by atomic mass is 16.7. The lowest BCUT2D eigenvalue weighted by molar-refractivity contribution is -0.116. The van der Waals surface area contributed by atoms with Crippen molar-refractivity contribution in [2.75, 3.05) is 49.1 Å². The number of hydrogen-bond acceptors (Lipinski definition) is 6. The van der Waals surface area contributed by atoms with E-state index in [1.54, 1.807) is 0 Å². The van der Waals surface area contributed by atoms with Gasteiger partial charge in [-0.1, -0.05) is 30.3 Å². The van der Waals surface area contributed by atoms with Crippen LogP contribution in [-0.4, -0.2) is 62.3 Å². The van der Waals surface area contributed by atoms with Crippen LogP contribution in [0.2, 0.25) is 0 Å². The number of para-hydroxylation sites is 3. The van der Waals surface area contributed by atoms with Crippen LogP contribution in [-0.2, 0) is 16.1 Å². The standard InChI is InChI=1S/C26H32N4O3/c1-19(2)32-25-10-6-5-9-24(25)29-15-13-28(14-16-29)18-21-17-22(27-33-21)26(31)30-12-11-20-7-3-4-8-23(20)30/h3-10,17,19,21,27H,11-16,18H2,1-2H3/t21-/m1/s1. The molecule has 7 nitrogen and oxygen atoms in total. The fourth-order valence-corrected chi connectivity index (χ4v) is 4.79. The summed E-state index contributed by atoms with van der Waals surface area (Å²) in [6.07, 6.45) is 2.85. The minimum atomic E-state index is -0.134. The van der Waals surface area contributed by atoms with Crippen molar-refractivity contribution < 1.29 is 14.4 Å². The van der Waals surface area contributed by atoms with Crippen molar-refractivity contribution in [2.45, 2.75) is 32.5 Å². The predicted octanol–water partition coefficient (Wildman–Crippen LogP) is 2.97. The first-order valence-electron chi connectivity index (χ1n) is 11.8. The molecule has 0 aliphatic carbocycles. The molecule has 0 saturated carbocycles. The SMILES string of the molecule is CC(C)Oc1ccccc1N1CCN(C[C@H]2C=C(C(=O)N3CCc4ccccc43)NO2)CC1. The third-order valence-corrected chi connectivity index (χ3v) is 6.41. The van der Waals surface area contributed by atoms with E-state index in [1.807, 2.05) is 41.3 Å². The van der Waals surface area contributed by atoms with Gasteiger partial charge in [-0.05, 0) is 50.1 Å². The Morgan fingerprint density at radius 1 is 1.03 bits per heavy atom. The van der Waals surface area contributed by atoms with Crippen LogP contribution in [0.3, 0.4) is 0 Å². The van der Waals surface area contributed by atoms with Gasteiger partial charge in [0.2, 0.25) is 0 Å². The van der Waals surface area contributed by atoms with E-state index in [0.29, 0.717) is 12.2 Å². The second-order valence-corrected chi connectivity index (χ2v) is 9.10. The zero-order valence-corrected chi connectivity index (χ0v) is 19.4. The second-order valence-electron chi connectivity index (χ2n) is 9.10. The molecule has 0 bridgehead atoms. The Morgan fingerprint density at radius 3 is 2.55 bits per heavy atom. The third-order valence-electron chi connectivity index (χ3n) is 6.41. The molecule has 0 unspecified atom stereocenters. The quantitative estimate of drug-likeness (QED) is 0.733. The largest absolute Gasteiger partial charge is 0.489 e. The van der Waals surface area contributed by atoms with Crippen molar-refractivity contribution in [1.82, 2.24) is 10.4 Å². The van der Waals surface area contributed by atoms with Crippen molar-refractivity contribution in [3.63, 3.8) is 0 Å². The van der Waals surface area contributed by atoms with Crippen molar-refractivity contribution in [3.05, 3.63) is 65.9 Å². The highest BCUT2D eigenvalue weighted by Crippen LogP contribution is 2.31. The molecule has 174 valence electrons. The Bertz CT molecular complexity index is 1030. The molecule has 2 aromatic rings. The molecule has 33 heavy (non-hydrogen) atoms. The third kappa shape index (κ3) is 4.70. The van der Waals surface area contributed by atoms with E-state index in [2.05, 4.69) is 47.3 Å². The highest BCUT2D eigenvalue weighted by molar-refractivity contribution is 6.06. The zero-order valence-electron chi connectivity index (χ0n) is 19.4. The molecule has 3 aliphatic heterocycles. The normalized spacial score (nSPS) is 20.6. The maximum Gasteiger partial charge on any atom is 0.276 e. The van der Waals surface area contributed by atoms with Crippen LogP contribution in [0.4, 0.5) is 11.4 Å². The topological polar surface area (TPSA) is 57.3 Å². The van der Waals surface area contributed by atoms with Gasteiger partial charge >= 0.3 is 0 Å². The number of benzene rings is 2. The molecule has 0 radical (unpaired) electrons. The van der Waals surface area contributed by atoms with Gasteiger partial charge in [0.05, 0.1) is 11.8 Å². The maximum absolute atomic E-state index is 13.0. The predicted molar refractivity (Wildman–Crippen MR) is 129 cm³/mol. The molecule has 1 atom stereocenters. The smallest absolute Gasteiger partial charge is 0.276 e. The number of piperazine rings is 1. The average Bonchev–Trinajstić information content (AvgIpc) is 3.47. The molecule has 1 saturated heterocycles. The molecule has 1 fully saturated rings. The molecule has 1 amide bonds. The van der Waals surface area contributed by atoms with Gasteiger partial charge in [0, 0.05) is 45.0 Å².